The number of benzene rings is 1. The highest BCUT2D eigenvalue weighted by molar-refractivity contribution is 9.10. The zero-order chi connectivity index (χ0) is 17.3. The average Bonchev–Trinajstić information content (AvgIpc) is 2.99. The molecule has 2 aromatic rings. The minimum Gasteiger partial charge on any atom is -0.344 e. The van der Waals surface area contributed by atoms with E-state index in [9.17, 15) is 4.79 Å². The first-order valence-corrected chi connectivity index (χ1v) is 9.00. The Hall–Kier alpha value is -1.15. The van der Waals surface area contributed by atoms with Gasteiger partial charge in [-0.3, -0.25) is 4.79 Å². The van der Waals surface area contributed by atoms with Crippen molar-refractivity contribution in [2.45, 2.75) is 51.2 Å². The number of aryl methyl sites for hydroxylation is 2. The fourth-order valence-electron chi connectivity index (χ4n) is 2.92. The maximum Gasteiger partial charge on any atom is 0.244 e. The maximum absolute atomic E-state index is 12.8. The molecule has 3 N–H and O–H groups in total. The van der Waals surface area contributed by atoms with Gasteiger partial charge in [0.05, 0.1) is 6.04 Å². The van der Waals surface area contributed by atoms with E-state index < -0.39 is 5.54 Å². The number of nitrogens with two attached hydrogens (primary N) is 1. The average molecular weight is 465 g/mol. The van der Waals surface area contributed by atoms with E-state index in [1.54, 1.807) is 6.92 Å². The normalized spacial score (nSPS) is 17.9. The van der Waals surface area contributed by atoms with Gasteiger partial charge in [0, 0.05) is 17.4 Å². The fraction of sp³-hybridized carbons (Fsp3) is 0.471. The second kappa shape index (κ2) is 9.17. The third-order valence-corrected chi connectivity index (χ3v) is 4.98. The number of rotatable bonds is 4. The SMILES string of the molecule is CCc1nc2n(n1)CCCC2NC(=O)C(C)(N)c1ccc(Br)cc1.Cl.Cl. The maximum atomic E-state index is 12.8. The summed E-state index contributed by atoms with van der Waals surface area (Å²) in [6.07, 6.45) is 2.60. The molecule has 0 fully saturated rings. The van der Waals surface area contributed by atoms with Crippen LogP contribution in [0.3, 0.4) is 0 Å². The smallest absolute Gasteiger partial charge is 0.244 e. The summed E-state index contributed by atoms with van der Waals surface area (Å²) in [6.45, 7) is 4.61. The summed E-state index contributed by atoms with van der Waals surface area (Å²) >= 11 is 3.40. The van der Waals surface area contributed by atoms with Crippen molar-refractivity contribution in [3.63, 3.8) is 0 Å². The fourth-order valence-corrected chi connectivity index (χ4v) is 3.19. The molecule has 26 heavy (non-hydrogen) atoms. The number of hydrogen-bond donors (Lipinski definition) is 2. The van der Waals surface area contributed by atoms with Gasteiger partial charge >= 0.3 is 0 Å². The van der Waals surface area contributed by atoms with Gasteiger partial charge in [-0.25, -0.2) is 9.67 Å². The van der Waals surface area contributed by atoms with Gasteiger partial charge in [-0.05, 0) is 37.5 Å². The van der Waals surface area contributed by atoms with E-state index in [0.717, 1.165) is 47.5 Å². The van der Waals surface area contributed by atoms with Gasteiger partial charge in [0.15, 0.2) is 5.82 Å². The van der Waals surface area contributed by atoms with Crippen molar-refractivity contribution in [1.29, 1.82) is 0 Å². The summed E-state index contributed by atoms with van der Waals surface area (Å²) in [5.41, 5.74) is 6.00. The second-order valence-corrected chi connectivity index (χ2v) is 7.26. The van der Waals surface area contributed by atoms with Crippen LogP contribution >= 0.6 is 40.7 Å². The molecule has 0 bridgehead atoms. The van der Waals surface area contributed by atoms with Crippen molar-refractivity contribution in [1.82, 2.24) is 20.1 Å². The van der Waals surface area contributed by atoms with Gasteiger partial charge < -0.3 is 11.1 Å². The predicted molar refractivity (Wildman–Crippen MR) is 110 cm³/mol. The van der Waals surface area contributed by atoms with Gasteiger partial charge in [0.2, 0.25) is 5.91 Å². The van der Waals surface area contributed by atoms with Gasteiger partial charge in [0.1, 0.15) is 11.4 Å². The molecular formula is C17H24BrCl2N5O. The van der Waals surface area contributed by atoms with E-state index in [2.05, 4.69) is 31.3 Å². The van der Waals surface area contributed by atoms with E-state index in [0.29, 0.717) is 0 Å². The molecule has 2 unspecified atom stereocenters. The van der Waals surface area contributed by atoms with Crippen molar-refractivity contribution in [3.05, 3.63) is 46.0 Å². The Morgan fingerprint density at radius 2 is 2.04 bits per heavy atom. The number of hydrogen-bond acceptors (Lipinski definition) is 4. The molecule has 9 heteroatoms. The standard InChI is InChI=1S/C17H22BrN5O.2ClH/c1-3-14-21-15-13(5-4-10-23(15)22-14)20-16(24)17(2,19)11-6-8-12(18)9-7-11;;/h6-9,13H,3-5,10,19H2,1-2H3,(H,20,24);2*1H. The lowest BCUT2D eigenvalue weighted by Gasteiger charge is -2.29. The molecule has 1 aromatic carbocycles. The molecule has 1 aromatic heterocycles. The molecule has 144 valence electrons. The molecule has 3 rings (SSSR count). The van der Waals surface area contributed by atoms with E-state index in [4.69, 9.17) is 5.73 Å². The first-order chi connectivity index (χ1) is 11.4. The number of nitrogens with one attached hydrogen (secondary N) is 1. The van der Waals surface area contributed by atoms with Gasteiger partial charge in [-0.1, -0.05) is 35.0 Å². The summed E-state index contributed by atoms with van der Waals surface area (Å²) in [7, 11) is 0. The lowest BCUT2D eigenvalue weighted by atomic mass is 9.91. The predicted octanol–water partition coefficient (Wildman–Crippen LogP) is 3.27. The van der Waals surface area contributed by atoms with Gasteiger partial charge in [0.25, 0.3) is 0 Å². The van der Waals surface area contributed by atoms with Crippen LogP contribution in [0.15, 0.2) is 28.7 Å². The Kier molecular flexibility index (Phi) is 8.07. The summed E-state index contributed by atoms with van der Waals surface area (Å²) < 4.78 is 2.86. The molecule has 1 amide bonds. The second-order valence-electron chi connectivity index (χ2n) is 6.34. The highest BCUT2D eigenvalue weighted by Crippen LogP contribution is 2.26. The van der Waals surface area contributed by atoms with Crippen molar-refractivity contribution in [2.75, 3.05) is 0 Å². The van der Waals surface area contributed by atoms with Crippen LogP contribution < -0.4 is 11.1 Å². The molecule has 2 heterocycles. The molecule has 2 atom stereocenters. The molecule has 1 aliphatic heterocycles. The van der Waals surface area contributed by atoms with Crippen molar-refractivity contribution in [3.8, 4) is 0 Å². The minimum atomic E-state index is -1.10. The quantitative estimate of drug-likeness (QED) is 0.726. The molecule has 0 aliphatic carbocycles. The Balaban J connectivity index is 0.00000169. The molecule has 0 saturated heterocycles. The van der Waals surface area contributed by atoms with Crippen LogP contribution in [-0.4, -0.2) is 20.7 Å². The third kappa shape index (κ3) is 4.57. The van der Waals surface area contributed by atoms with Crippen LogP contribution in [0.1, 0.15) is 49.9 Å². The summed E-state index contributed by atoms with van der Waals surface area (Å²) in [5, 5.41) is 7.54. The number of halogens is 3. The van der Waals surface area contributed by atoms with Crippen LogP contribution in [0.25, 0.3) is 0 Å². The number of carbonyl (C=O) groups is 1. The van der Waals surface area contributed by atoms with E-state index >= 15 is 0 Å². The summed E-state index contributed by atoms with van der Waals surface area (Å²) in [5.74, 6) is 1.44. The zero-order valence-electron chi connectivity index (χ0n) is 14.7. The first-order valence-electron chi connectivity index (χ1n) is 8.21. The number of fused-ring (bicyclic) bond motifs is 1. The summed E-state index contributed by atoms with van der Waals surface area (Å²) in [6, 6.07) is 7.36. The van der Waals surface area contributed by atoms with E-state index in [1.165, 1.54) is 0 Å². The number of amides is 1. The topological polar surface area (TPSA) is 85.8 Å². The van der Waals surface area contributed by atoms with Crippen LogP contribution in [0, 0.1) is 0 Å². The first kappa shape index (κ1) is 22.9. The van der Waals surface area contributed by atoms with Crippen LogP contribution in [-0.2, 0) is 23.3 Å². The lowest BCUT2D eigenvalue weighted by Crippen LogP contribution is -2.50. The molecule has 1 aliphatic rings. The molecule has 0 spiro atoms. The largest absolute Gasteiger partial charge is 0.344 e. The monoisotopic (exact) mass is 463 g/mol. The molecule has 6 nitrogen and oxygen atoms in total. The third-order valence-electron chi connectivity index (χ3n) is 4.46. The Bertz CT molecular complexity index is 748. The van der Waals surface area contributed by atoms with Gasteiger partial charge in [-0.15, -0.1) is 24.8 Å². The Labute approximate surface area is 174 Å². The minimum absolute atomic E-state index is 0. The molecular weight excluding hydrogens is 441 g/mol. The zero-order valence-corrected chi connectivity index (χ0v) is 18.0. The number of nitrogens with zero attached hydrogens (tertiary/aromatic N) is 3. The highest BCUT2D eigenvalue weighted by atomic mass is 79.9. The van der Waals surface area contributed by atoms with Crippen molar-refractivity contribution in [2.24, 2.45) is 5.73 Å². The van der Waals surface area contributed by atoms with Crippen LogP contribution in [0.4, 0.5) is 0 Å². The van der Waals surface area contributed by atoms with E-state index in [1.807, 2.05) is 35.9 Å². The van der Waals surface area contributed by atoms with Gasteiger partial charge in [-0.2, -0.15) is 5.10 Å². The number of carbonyl (C=O) groups excluding carboxylic acids is 1. The highest BCUT2D eigenvalue weighted by Gasteiger charge is 2.34. The van der Waals surface area contributed by atoms with Crippen molar-refractivity contribution >= 4 is 46.7 Å². The lowest BCUT2D eigenvalue weighted by molar-refractivity contribution is -0.127. The summed E-state index contributed by atoms with van der Waals surface area (Å²) in [4.78, 5) is 17.4. The van der Waals surface area contributed by atoms with Crippen LogP contribution in [0.2, 0.25) is 0 Å². The Morgan fingerprint density at radius 3 is 2.65 bits per heavy atom. The van der Waals surface area contributed by atoms with Crippen LogP contribution in [0.5, 0.6) is 0 Å². The Morgan fingerprint density at radius 1 is 1.38 bits per heavy atom. The van der Waals surface area contributed by atoms with E-state index in [-0.39, 0.29) is 36.8 Å². The number of aromatic nitrogens is 3. The molecule has 0 saturated carbocycles. The van der Waals surface area contributed by atoms with Crippen molar-refractivity contribution < 1.29 is 4.79 Å². The molecule has 0 radical (unpaired) electrons.